The van der Waals surface area contributed by atoms with Crippen LogP contribution in [0.2, 0.25) is 5.02 Å². The monoisotopic (exact) mass is 416 g/mol. The first-order valence-corrected chi connectivity index (χ1v) is 9.59. The summed E-state index contributed by atoms with van der Waals surface area (Å²) in [5, 5.41) is 12.8. The average Bonchev–Trinajstić information content (AvgIpc) is 3.05. The van der Waals surface area contributed by atoms with E-state index in [-0.39, 0.29) is 17.4 Å². The second-order valence-corrected chi connectivity index (χ2v) is 7.45. The van der Waals surface area contributed by atoms with Crippen molar-refractivity contribution in [1.29, 1.82) is 0 Å². The summed E-state index contributed by atoms with van der Waals surface area (Å²) in [5.74, 6) is -1.54. The lowest BCUT2D eigenvalue weighted by molar-refractivity contribution is -0.121. The molecule has 6 nitrogen and oxygen atoms in total. The number of carbonyl (C=O) groups is 2. The van der Waals surface area contributed by atoms with E-state index in [1.807, 2.05) is 36.4 Å². The first kappa shape index (κ1) is 20.0. The van der Waals surface area contributed by atoms with E-state index in [0.717, 1.165) is 22.5 Å². The smallest absolute Gasteiger partial charge is 0.355 e. The highest BCUT2D eigenvalue weighted by molar-refractivity contribution is 7.16. The highest BCUT2D eigenvalue weighted by atomic mass is 35.5. The highest BCUT2D eigenvalue weighted by Gasteiger charge is 2.19. The Morgan fingerprint density at radius 3 is 2.57 bits per heavy atom. The summed E-state index contributed by atoms with van der Waals surface area (Å²) in [5.41, 5.74) is 1.75. The summed E-state index contributed by atoms with van der Waals surface area (Å²) in [6.07, 6.45) is 0.361. The van der Waals surface area contributed by atoms with Crippen LogP contribution in [0.1, 0.15) is 26.5 Å². The molecule has 0 unspecified atom stereocenters. The number of anilines is 1. The summed E-state index contributed by atoms with van der Waals surface area (Å²) < 4.78 is 5.38. The highest BCUT2D eigenvalue weighted by Crippen LogP contribution is 2.26. The van der Waals surface area contributed by atoms with Gasteiger partial charge in [0, 0.05) is 16.3 Å². The Labute approximate surface area is 170 Å². The predicted octanol–water partition coefficient (Wildman–Crippen LogP) is 4.24. The van der Waals surface area contributed by atoms with Gasteiger partial charge < -0.3 is 9.84 Å². The van der Waals surface area contributed by atoms with E-state index >= 15 is 0 Å². The standard InChI is InChI=1S/C20H17ClN2O4S/c21-15-8-4-7-14(9-15)10-16-18(19(25)26)23-20(28-16)22-17(24)12-27-11-13-5-2-1-3-6-13/h1-9H,10-12H2,(H,25,26)(H,22,23,24). The number of rotatable bonds is 8. The zero-order chi connectivity index (χ0) is 19.9. The van der Waals surface area contributed by atoms with Crippen molar-refractivity contribution < 1.29 is 19.4 Å². The first-order valence-electron chi connectivity index (χ1n) is 8.40. The molecular formula is C20H17ClN2O4S. The summed E-state index contributed by atoms with van der Waals surface area (Å²) in [6.45, 7) is 0.160. The maximum atomic E-state index is 12.1. The molecule has 0 aliphatic rings. The number of carboxylic acids is 1. The Bertz CT molecular complexity index is 975. The van der Waals surface area contributed by atoms with Crippen molar-refractivity contribution >= 4 is 39.9 Å². The van der Waals surface area contributed by atoms with Gasteiger partial charge in [-0.15, -0.1) is 11.3 Å². The van der Waals surface area contributed by atoms with E-state index in [9.17, 15) is 14.7 Å². The Balaban J connectivity index is 1.62. The van der Waals surface area contributed by atoms with Crippen LogP contribution in [0.5, 0.6) is 0 Å². The summed E-state index contributed by atoms with van der Waals surface area (Å²) >= 11 is 7.10. The van der Waals surface area contributed by atoms with Crippen LogP contribution in [-0.4, -0.2) is 28.6 Å². The number of carbonyl (C=O) groups excluding carboxylic acids is 1. The Kier molecular flexibility index (Phi) is 6.76. The molecule has 0 saturated heterocycles. The van der Waals surface area contributed by atoms with Gasteiger partial charge in [0.05, 0.1) is 6.61 Å². The van der Waals surface area contributed by atoms with Gasteiger partial charge in [-0.25, -0.2) is 9.78 Å². The number of aromatic nitrogens is 1. The van der Waals surface area contributed by atoms with Crippen molar-refractivity contribution in [2.75, 3.05) is 11.9 Å². The molecular weight excluding hydrogens is 400 g/mol. The van der Waals surface area contributed by atoms with Crippen molar-refractivity contribution in [3.8, 4) is 0 Å². The molecule has 3 rings (SSSR count). The van der Waals surface area contributed by atoms with Crippen molar-refractivity contribution in [2.45, 2.75) is 13.0 Å². The fraction of sp³-hybridized carbons (Fsp3) is 0.150. The summed E-state index contributed by atoms with van der Waals surface area (Å²) in [7, 11) is 0. The van der Waals surface area contributed by atoms with Crippen LogP contribution >= 0.6 is 22.9 Å². The molecule has 0 atom stereocenters. The maximum Gasteiger partial charge on any atom is 0.355 e. The average molecular weight is 417 g/mol. The number of halogens is 1. The normalized spacial score (nSPS) is 10.6. The minimum Gasteiger partial charge on any atom is -0.476 e. The quantitative estimate of drug-likeness (QED) is 0.573. The van der Waals surface area contributed by atoms with Gasteiger partial charge in [-0.1, -0.05) is 54.1 Å². The van der Waals surface area contributed by atoms with Gasteiger partial charge in [-0.3, -0.25) is 10.1 Å². The third-order valence-electron chi connectivity index (χ3n) is 3.74. The van der Waals surface area contributed by atoms with Gasteiger partial charge in [0.25, 0.3) is 5.91 Å². The van der Waals surface area contributed by atoms with Crippen LogP contribution in [0.15, 0.2) is 54.6 Å². The zero-order valence-electron chi connectivity index (χ0n) is 14.7. The van der Waals surface area contributed by atoms with E-state index in [1.165, 1.54) is 0 Å². The molecule has 0 radical (unpaired) electrons. The molecule has 0 bridgehead atoms. The second-order valence-electron chi connectivity index (χ2n) is 5.93. The molecule has 0 aliphatic carbocycles. The van der Waals surface area contributed by atoms with Crippen LogP contribution in [0, 0.1) is 0 Å². The third kappa shape index (κ3) is 5.63. The summed E-state index contributed by atoms with van der Waals surface area (Å²) in [4.78, 5) is 28.1. The molecule has 0 fully saturated rings. The van der Waals surface area contributed by atoms with E-state index in [2.05, 4.69) is 10.3 Å². The molecule has 2 aromatic carbocycles. The molecule has 144 valence electrons. The van der Waals surface area contributed by atoms with Crippen LogP contribution in [0.3, 0.4) is 0 Å². The molecule has 0 spiro atoms. The molecule has 1 amide bonds. The molecule has 1 heterocycles. The van der Waals surface area contributed by atoms with Gasteiger partial charge >= 0.3 is 5.97 Å². The van der Waals surface area contributed by atoms with Crippen molar-refractivity contribution in [3.63, 3.8) is 0 Å². The molecule has 8 heteroatoms. The number of thiazole rings is 1. The number of hydrogen-bond acceptors (Lipinski definition) is 5. The van der Waals surface area contributed by atoms with Gasteiger partial charge in [0.1, 0.15) is 6.61 Å². The van der Waals surface area contributed by atoms with Crippen LogP contribution in [-0.2, 0) is 22.6 Å². The second kappa shape index (κ2) is 9.45. The van der Waals surface area contributed by atoms with Crippen LogP contribution in [0.4, 0.5) is 5.13 Å². The molecule has 0 saturated carbocycles. The van der Waals surface area contributed by atoms with Crippen molar-refractivity contribution in [1.82, 2.24) is 4.98 Å². The minimum absolute atomic E-state index is 0.0783. The topological polar surface area (TPSA) is 88.5 Å². The van der Waals surface area contributed by atoms with Gasteiger partial charge in [-0.2, -0.15) is 0 Å². The number of benzene rings is 2. The largest absolute Gasteiger partial charge is 0.476 e. The predicted molar refractivity (Wildman–Crippen MR) is 108 cm³/mol. The Morgan fingerprint density at radius 1 is 1.11 bits per heavy atom. The third-order valence-corrected chi connectivity index (χ3v) is 4.95. The first-order chi connectivity index (χ1) is 13.5. The fourth-order valence-corrected chi connectivity index (χ4v) is 3.73. The lowest BCUT2D eigenvalue weighted by Gasteiger charge is -2.04. The molecule has 2 N–H and O–H groups in total. The molecule has 28 heavy (non-hydrogen) atoms. The number of amides is 1. The van der Waals surface area contributed by atoms with E-state index in [0.29, 0.717) is 22.9 Å². The van der Waals surface area contributed by atoms with E-state index < -0.39 is 11.9 Å². The summed E-state index contributed by atoms with van der Waals surface area (Å²) in [6, 6.07) is 16.7. The van der Waals surface area contributed by atoms with Gasteiger partial charge in [-0.05, 0) is 23.3 Å². The van der Waals surface area contributed by atoms with Crippen LogP contribution in [0.25, 0.3) is 0 Å². The molecule has 1 aromatic heterocycles. The lowest BCUT2D eigenvalue weighted by Crippen LogP contribution is -2.18. The maximum absolute atomic E-state index is 12.1. The number of carboxylic acid groups (broad SMARTS) is 1. The zero-order valence-corrected chi connectivity index (χ0v) is 16.3. The number of nitrogens with one attached hydrogen (secondary N) is 1. The molecule has 3 aromatic rings. The number of aromatic carboxylic acids is 1. The number of hydrogen-bond donors (Lipinski definition) is 2. The number of ether oxygens (including phenoxy) is 1. The Hall–Kier alpha value is -2.74. The Morgan fingerprint density at radius 2 is 1.86 bits per heavy atom. The van der Waals surface area contributed by atoms with Gasteiger partial charge in [0.2, 0.25) is 0 Å². The lowest BCUT2D eigenvalue weighted by atomic mass is 10.1. The van der Waals surface area contributed by atoms with Crippen molar-refractivity contribution in [3.05, 3.63) is 81.3 Å². The van der Waals surface area contributed by atoms with E-state index in [1.54, 1.807) is 18.2 Å². The SMILES string of the molecule is O=C(COCc1ccccc1)Nc1nc(C(=O)O)c(Cc2cccc(Cl)c2)s1. The fourth-order valence-electron chi connectivity index (χ4n) is 2.52. The van der Waals surface area contributed by atoms with Crippen molar-refractivity contribution in [2.24, 2.45) is 0 Å². The van der Waals surface area contributed by atoms with Gasteiger partial charge in [0.15, 0.2) is 10.8 Å². The minimum atomic E-state index is -1.14. The van der Waals surface area contributed by atoms with Crippen LogP contribution < -0.4 is 5.32 Å². The van der Waals surface area contributed by atoms with E-state index in [4.69, 9.17) is 16.3 Å². The molecule has 0 aliphatic heterocycles. The number of nitrogens with zero attached hydrogens (tertiary/aromatic N) is 1.